The van der Waals surface area contributed by atoms with Crippen LogP contribution in [-0.4, -0.2) is 21.2 Å². The van der Waals surface area contributed by atoms with Gasteiger partial charge in [0.1, 0.15) is 16.3 Å². The number of halogens is 1. The van der Waals surface area contributed by atoms with Crippen molar-refractivity contribution in [1.29, 1.82) is 0 Å². The zero-order chi connectivity index (χ0) is 15.4. The monoisotopic (exact) mass is 353 g/mol. The number of hydrogen-bond acceptors (Lipinski definition) is 4. The molecule has 3 aromatic heterocycles. The van der Waals surface area contributed by atoms with Crippen LogP contribution in [0.1, 0.15) is 16.8 Å². The fourth-order valence-electron chi connectivity index (χ4n) is 2.48. The van der Waals surface area contributed by atoms with Gasteiger partial charge in [0.15, 0.2) is 0 Å². The maximum absolute atomic E-state index is 12.2. The third kappa shape index (κ3) is 2.44. The van der Waals surface area contributed by atoms with E-state index in [-0.39, 0.29) is 0 Å². The summed E-state index contributed by atoms with van der Waals surface area (Å²) in [5.41, 5.74) is 1.09. The molecule has 0 N–H and O–H groups in total. The van der Waals surface area contributed by atoms with Gasteiger partial charge in [-0.3, -0.25) is 9.97 Å². The quantitative estimate of drug-likeness (QED) is 0.534. The van der Waals surface area contributed by atoms with E-state index in [2.05, 4.69) is 30.9 Å². The molecule has 3 rings (SSSR count). The van der Waals surface area contributed by atoms with Gasteiger partial charge in [-0.05, 0) is 51.3 Å². The Balaban J connectivity index is 2.33. The van der Waals surface area contributed by atoms with E-state index in [1.807, 2.05) is 42.5 Å². The molecule has 0 bridgehead atoms. The average Bonchev–Trinajstić information content (AvgIpc) is 2.58. The third-order valence-electron chi connectivity index (χ3n) is 3.53. The SMILES string of the molecule is O=CC(c1cccnc1)(c1cccnc1)c1cccc(Br)n1. The van der Waals surface area contributed by atoms with E-state index >= 15 is 0 Å². The fourth-order valence-corrected chi connectivity index (χ4v) is 2.82. The summed E-state index contributed by atoms with van der Waals surface area (Å²) < 4.78 is 0.670. The van der Waals surface area contributed by atoms with Gasteiger partial charge >= 0.3 is 0 Å². The molecule has 108 valence electrons. The highest BCUT2D eigenvalue weighted by Gasteiger charge is 2.38. The van der Waals surface area contributed by atoms with Crippen molar-refractivity contribution < 1.29 is 4.79 Å². The van der Waals surface area contributed by atoms with E-state index < -0.39 is 5.41 Å². The molecule has 0 aliphatic heterocycles. The summed E-state index contributed by atoms with van der Waals surface area (Å²) in [7, 11) is 0. The van der Waals surface area contributed by atoms with Gasteiger partial charge in [-0.2, -0.15) is 0 Å². The van der Waals surface area contributed by atoms with E-state index in [0.717, 1.165) is 17.4 Å². The molecule has 4 nitrogen and oxygen atoms in total. The number of pyridine rings is 3. The zero-order valence-electron chi connectivity index (χ0n) is 11.6. The van der Waals surface area contributed by atoms with Crippen molar-refractivity contribution in [3.63, 3.8) is 0 Å². The second-order valence-corrected chi connectivity index (χ2v) is 5.57. The molecular formula is C17H12BrN3O. The lowest BCUT2D eigenvalue weighted by molar-refractivity contribution is -0.110. The van der Waals surface area contributed by atoms with Crippen molar-refractivity contribution in [2.45, 2.75) is 5.41 Å². The standard InChI is InChI=1S/C17H12BrN3O/c18-16-7-1-6-15(21-16)17(12-22,13-4-2-8-19-10-13)14-5-3-9-20-11-14/h1-12H. The molecule has 0 spiro atoms. The van der Waals surface area contributed by atoms with E-state index in [9.17, 15) is 4.79 Å². The first kappa shape index (κ1) is 14.5. The lowest BCUT2D eigenvalue weighted by Crippen LogP contribution is -2.32. The van der Waals surface area contributed by atoms with Crippen LogP contribution < -0.4 is 0 Å². The van der Waals surface area contributed by atoms with Crippen molar-refractivity contribution in [2.24, 2.45) is 0 Å². The summed E-state index contributed by atoms with van der Waals surface area (Å²) >= 11 is 3.37. The predicted molar refractivity (Wildman–Crippen MR) is 86.4 cm³/mol. The molecule has 0 saturated carbocycles. The molecule has 0 amide bonds. The van der Waals surface area contributed by atoms with Crippen molar-refractivity contribution in [2.75, 3.05) is 0 Å². The Morgan fingerprint density at radius 3 is 2.00 bits per heavy atom. The second kappa shape index (κ2) is 6.15. The highest BCUT2D eigenvalue weighted by atomic mass is 79.9. The van der Waals surface area contributed by atoms with Gasteiger partial charge in [0.05, 0.1) is 5.69 Å². The van der Waals surface area contributed by atoms with Crippen LogP contribution in [0.25, 0.3) is 0 Å². The molecule has 0 aliphatic rings. The minimum Gasteiger partial charge on any atom is -0.302 e. The van der Waals surface area contributed by atoms with Crippen LogP contribution in [0.4, 0.5) is 0 Å². The number of nitrogens with zero attached hydrogens (tertiary/aromatic N) is 3. The molecule has 5 heteroatoms. The molecule has 0 radical (unpaired) electrons. The van der Waals surface area contributed by atoms with Crippen molar-refractivity contribution in [3.05, 3.63) is 88.7 Å². The van der Waals surface area contributed by atoms with Crippen LogP contribution in [0.5, 0.6) is 0 Å². The highest BCUT2D eigenvalue weighted by Crippen LogP contribution is 2.36. The Hall–Kier alpha value is -2.40. The Labute approximate surface area is 136 Å². The van der Waals surface area contributed by atoms with Gasteiger partial charge in [0, 0.05) is 24.8 Å². The summed E-state index contributed by atoms with van der Waals surface area (Å²) in [5.74, 6) is 0. The first-order chi connectivity index (χ1) is 10.8. The molecule has 22 heavy (non-hydrogen) atoms. The van der Waals surface area contributed by atoms with Crippen molar-refractivity contribution in [3.8, 4) is 0 Å². The van der Waals surface area contributed by atoms with Gasteiger partial charge < -0.3 is 4.79 Å². The first-order valence-corrected chi connectivity index (χ1v) is 7.47. The van der Waals surface area contributed by atoms with E-state index in [1.165, 1.54) is 0 Å². The lowest BCUT2D eigenvalue weighted by Gasteiger charge is -2.28. The van der Waals surface area contributed by atoms with Crippen LogP contribution >= 0.6 is 15.9 Å². The minimum atomic E-state index is -1.04. The van der Waals surface area contributed by atoms with Crippen molar-refractivity contribution >= 4 is 22.2 Å². The summed E-state index contributed by atoms with van der Waals surface area (Å²) in [5, 5.41) is 0. The average molecular weight is 354 g/mol. The number of rotatable bonds is 4. The number of carbonyl (C=O) groups excluding carboxylic acids is 1. The molecular weight excluding hydrogens is 342 g/mol. The topological polar surface area (TPSA) is 55.7 Å². The van der Waals surface area contributed by atoms with Gasteiger partial charge in [-0.15, -0.1) is 0 Å². The Kier molecular flexibility index (Phi) is 4.06. The number of hydrogen-bond donors (Lipinski definition) is 0. The molecule has 0 atom stereocenters. The maximum Gasteiger partial charge on any atom is 0.141 e. The number of aromatic nitrogens is 3. The maximum atomic E-state index is 12.2. The Morgan fingerprint density at radius 1 is 0.909 bits per heavy atom. The largest absolute Gasteiger partial charge is 0.302 e. The van der Waals surface area contributed by atoms with Crippen LogP contribution in [0.2, 0.25) is 0 Å². The lowest BCUT2D eigenvalue weighted by atomic mass is 9.74. The summed E-state index contributed by atoms with van der Waals surface area (Å²) in [6.07, 6.45) is 7.62. The summed E-state index contributed by atoms with van der Waals surface area (Å²) in [6.45, 7) is 0. The van der Waals surface area contributed by atoms with Gasteiger partial charge in [0.25, 0.3) is 0 Å². The molecule has 0 fully saturated rings. The van der Waals surface area contributed by atoms with Gasteiger partial charge in [-0.1, -0.05) is 18.2 Å². The van der Waals surface area contributed by atoms with Crippen LogP contribution in [0.3, 0.4) is 0 Å². The molecule has 3 aromatic rings. The minimum absolute atomic E-state index is 0.623. The smallest absolute Gasteiger partial charge is 0.141 e. The van der Waals surface area contributed by atoms with Gasteiger partial charge in [0.2, 0.25) is 0 Å². The molecule has 0 saturated heterocycles. The molecule has 0 unspecified atom stereocenters. The first-order valence-electron chi connectivity index (χ1n) is 6.68. The summed E-state index contributed by atoms with van der Waals surface area (Å²) in [4.78, 5) is 25.0. The zero-order valence-corrected chi connectivity index (χ0v) is 13.1. The third-order valence-corrected chi connectivity index (χ3v) is 3.97. The highest BCUT2D eigenvalue weighted by molar-refractivity contribution is 9.10. The van der Waals surface area contributed by atoms with Crippen LogP contribution in [-0.2, 0) is 10.2 Å². The number of aldehydes is 1. The molecule has 3 heterocycles. The van der Waals surface area contributed by atoms with Crippen LogP contribution in [0, 0.1) is 0 Å². The van der Waals surface area contributed by atoms with Crippen molar-refractivity contribution in [1.82, 2.24) is 15.0 Å². The summed E-state index contributed by atoms with van der Waals surface area (Å²) in [6, 6.07) is 12.9. The molecule has 0 aliphatic carbocycles. The second-order valence-electron chi connectivity index (χ2n) is 4.75. The van der Waals surface area contributed by atoms with E-state index in [0.29, 0.717) is 10.3 Å². The van der Waals surface area contributed by atoms with E-state index in [4.69, 9.17) is 0 Å². The Morgan fingerprint density at radius 2 is 1.55 bits per heavy atom. The molecule has 0 aromatic carbocycles. The Bertz CT molecular complexity index is 739. The van der Waals surface area contributed by atoms with E-state index in [1.54, 1.807) is 24.8 Å². The van der Waals surface area contributed by atoms with Gasteiger partial charge in [-0.25, -0.2) is 4.98 Å². The predicted octanol–water partition coefficient (Wildman–Crippen LogP) is 3.17. The fraction of sp³-hybridized carbons (Fsp3) is 0.0588. The van der Waals surface area contributed by atoms with Crippen LogP contribution in [0.15, 0.2) is 71.9 Å². The normalized spacial score (nSPS) is 11.1. The number of carbonyl (C=O) groups is 1.